The van der Waals surface area contributed by atoms with Crippen LogP contribution < -0.4 is 5.73 Å². The van der Waals surface area contributed by atoms with Crippen LogP contribution in [-0.2, 0) is 0 Å². The van der Waals surface area contributed by atoms with Gasteiger partial charge >= 0.3 is 5.97 Å². The zero-order chi connectivity index (χ0) is 19.0. The average Bonchev–Trinajstić information content (AvgIpc) is 2.65. The molecule has 2 aromatic carbocycles. The van der Waals surface area contributed by atoms with E-state index in [1.165, 1.54) is 0 Å². The molecule has 0 radical (unpaired) electrons. The number of anilines is 1. The molecule has 0 aliphatic carbocycles. The second kappa shape index (κ2) is 9.64. The number of nitrogens with two attached hydrogens (primary N) is 1. The summed E-state index contributed by atoms with van der Waals surface area (Å²) in [6, 6.07) is 13.7. The third-order valence-electron chi connectivity index (χ3n) is 3.23. The van der Waals surface area contributed by atoms with E-state index in [2.05, 4.69) is 4.98 Å². The average molecular weight is 359 g/mol. The van der Waals surface area contributed by atoms with Gasteiger partial charge in [-0.2, -0.15) is 0 Å². The summed E-state index contributed by atoms with van der Waals surface area (Å²) in [6.45, 7) is 8.00. The Morgan fingerprint density at radius 3 is 2.20 bits per heavy atom. The first-order valence-corrected chi connectivity index (χ1v) is 8.62. The van der Waals surface area contributed by atoms with Crippen molar-refractivity contribution in [2.45, 2.75) is 27.7 Å². The van der Waals surface area contributed by atoms with Gasteiger partial charge in [-0.15, -0.1) is 0 Å². The van der Waals surface area contributed by atoms with Crippen molar-refractivity contribution in [3.8, 4) is 11.3 Å². The van der Waals surface area contributed by atoms with E-state index in [9.17, 15) is 9.90 Å². The molecule has 0 fully saturated rings. The zero-order valence-corrected chi connectivity index (χ0v) is 15.6. The van der Waals surface area contributed by atoms with Crippen LogP contribution >= 0.6 is 11.6 Å². The van der Waals surface area contributed by atoms with Gasteiger partial charge in [-0.1, -0.05) is 63.6 Å². The number of nitrogen functional groups attached to an aromatic ring is 1. The number of carboxylic acid groups (broad SMARTS) is 1. The third kappa shape index (κ3) is 4.70. The number of carboxylic acids is 1. The summed E-state index contributed by atoms with van der Waals surface area (Å²) in [5, 5.41) is 10.3. The summed E-state index contributed by atoms with van der Waals surface area (Å²) in [4.78, 5) is 16.0. The molecule has 0 spiro atoms. The molecule has 1 heterocycles. The quantitative estimate of drug-likeness (QED) is 0.560. The Kier molecular flexibility index (Phi) is 7.89. The number of nitrogens with zero attached hydrogens (tertiary/aromatic N) is 1. The Balaban J connectivity index is 0.000000730. The number of para-hydroxylation sites is 1. The summed E-state index contributed by atoms with van der Waals surface area (Å²) < 4.78 is 0. The lowest BCUT2D eigenvalue weighted by Gasteiger charge is -2.08. The molecule has 25 heavy (non-hydrogen) atoms. The van der Waals surface area contributed by atoms with Crippen LogP contribution in [0.2, 0.25) is 5.02 Å². The second-order valence-corrected chi connectivity index (χ2v) is 5.03. The molecule has 3 N–H and O–H groups in total. The number of rotatable bonds is 2. The fraction of sp³-hybridized carbons (Fsp3) is 0.200. The normalized spacial score (nSPS) is 9.48. The van der Waals surface area contributed by atoms with Gasteiger partial charge < -0.3 is 10.8 Å². The minimum absolute atomic E-state index is 0.175. The Labute approximate surface area is 153 Å². The van der Waals surface area contributed by atoms with Crippen LogP contribution in [0.25, 0.3) is 22.2 Å². The van der Waals surface area contributed by atoms with Crippen molar-refractivity contribution in [2.75, 3.05) is 5.73 Å². The van der Waals surface area contributed by atoms with Gasteiger partial charge in [0, 0.05) is 16.6 Å². The highest BCUT2D eigenvalue weighted by Crippen LogP contribution is 2.29. The van der Waals surface area contributed by atoms with Gasteiger partial charge in [-0.25, -0.2) is 9.78 Å². The Bertz CT molecular complexity index is 846. The Morgan fingerprint density at radius 1 is 1.04 bits per heavy atom. The number of aromatic carboxylic acids is 1. The number of pyridine rings is 1. The monoisotopic (exact) mass is 358 g/mol. The largest absolute Gasteiger partial charge is 0.478 e. The van der Waals surface area contributed by atoms with Crippen molar-refractivity contribution in [1.29, 1.82) is 0 Å². The zero-order valence-electron chi connectivity index (χ0n) is 14.9. The van der Waals surface area contributed by atoms with Crippen molar-refractivity contribution in [2.24, 2.45) is 0 Å². The van der Waals surface area contributed by atoms with E-state index in [4.69, 9.17) is 17.3 Å². The Morgan fingerprint density at radius 2 is 1.64 bits per heavy atom. The molecular weight excluding hydrogens is 336 g/mol. The van der Waals surface area contributed by atoms with E-state index in [1.807, 2.05) is 27.7 Å². The standard InChI is InChI=1S/C16H11ClN2O2.2C2H6/c17-13-3-1-2-11-12(16(20)21)8-14(19-15(11)13)9-4-6-10(18)7-5-9;2*1-2/h1-8H,18H2,(H,20,21);2*1-2H3. The molecule has 0 aliphatic heterocycles. The van der Waals surface area contributed by atoms with Crippen LogP contribution in [0, 0.1) is 0 Å². The SMILES string of the molecule is CC.CC.Nc1ccc(-c2cc(C(=O)O)c3cccc(Cl)c3n2)cc1. The molecule has 0 atom stereocenters. The molecule has 0 amide bonds. The van der Waals surface area contributed by atoms with E-state index in [0.717, 1.165) is 5.56 Å². The van der Waals surface area contributed by atoms with E-state index in [0.29, 0.717) is 27.3 Å². The summed E-state index contributed by atoms with van der Waals surface area (Å²) in [5.74, 6) is -1.01. The summed E-state index contributed by atoms with van der Waals surface area (Å²) in [6.07, 6.45) is 0. The Hall–Kier alpha value is -2.59. The predicted molar refractivity (Wildman–Crippen MR) is 106 cm³/mol. The maximum atomic E-state index is 11.5. The molecule has 3 rings (SSSR count). The number of hydrogen-bond acceptors (Lipinski definition) is 3. The van der Waals surface area contributed by atoms with Crippen molar-refractivity contribution >= 4 is 34.2 Å². The number of benzene rings is 2. The predicted octanol–water partition coefficient (Wildman–Crippen LogP) is 5.89. The van der Waals surface area contributed by atoms with Crippen LogP contribution in [0.15, 0.2) is 48.5 Å². The first kappa shape index (κ1) is 20.5. The van der Waals surface area contributed by atoms with Crippen molar-refractivity contribution in [3.63, 3.8) is 0 Å². The first-order valence-electron chi connectivity index (χ1n) is 8.25. The molecule has 0 bridgehead atoms. The summed E-state index contributed by atoms with van der Waals surface area (Å²) in [5.41, 5.74) is 8.28. The molecular formula is C20H23ClN2O2. The highest BCUT2D eigenvalue weighted by Gasteiger charge is 2.14. The maximum absolute atomic E-state index is 11.5. The molecule has 0 saturated carbocycles. The molecule has 132 valence electrons. The number of carbonyl (C=O) groups is 1. The molecule has 0 saturated heterocycles. The fourth-order valence-corrected chi connectivity index (χ4v) is 2.41. The molecule has 1 aromatic heterocycles. The second-order valence-electron chi connectivity index (χ2n) is 4.62. The fourth-order valence-electron chi connectivity index (χ4n) is 2.19. The van der Waals surface area contributed by atoms with Gasteiger partial charge in [0.1, 0.15) is 0 Å². The number of aromatic nitrogens is 1. The van der Waals surface area contributed by atoms with E-state index in [1.54, 1.807) is 48.5 Å². The van der Waals surface area contributed by atoms with Crippen molar-refractivity contribution in [3.05, 3.63) is 59.1 Å². The van der Waals surface area contributed by atoms with E-state index < -0.39 is 5.97 Å². The number of fused-ring (bicyclic) bond motifs is 1. The van der Waals surface area contributed by atoms with Gasteiger partial charge in [-0.05, 0) is 24.3 Å². The van der Waals surface area contributed by atoms with Gasteiger partial charge in [-0.3, -0.25) is 0 Å². The number of halogens is 1. The van der Waals surface area contributed by atoms with E-state index >= 15 is 0 Å². The highest BCUT2D eigenvalue weighted by molar-refractivity contribution is 6.35. The molecule has 0 aliphatic rings. The molecule has 5 heteroatoms. The number of hydrogen-bond donors (Lipinski definition) is 2. The lowest BCUT2D eigenvalue weighted by Crippen LogP contribution is -2.00. The smallest absolute Gasteiger partial charge is 0.336 e. The van der Waals surface area contributed by atoms with Crippen LogP contribution in [-0.4, -0.2) is 16.1 Å². The van der Waals surface area contributed by atoms with Crippen LogP contribution in [0.4, 0.5) is 5.69 Å². The first-order chi connectivity index (χ1) is 12.1. The van der Waals surface area contributed by atoms with E-state index in [-0.39, 0.29) is 5.56 Å². The minimum Gasteiger partial charge on any atom is -0.478 e. The van der Waals surface area contributed by atoms with Crippen LogP contribution in [0.1, 0.15) is 38.1 Å². The minimum atomic E-state index is -1.01. The molecule has 3 aromatic rings. The lowest BCUT2D eigenvalue weighted by atomic mass is 10.0. The summed E-state index contributed by atoms with van der Waals surface area (Å²) >= 11 is 6.14. The summed E-state index contributed by atoms with van der Waals surface area (Å²) in [7, 11) is 0. The third-order valence-corrected chi connectivity index (χ3v) is 3.53. The lowest BCUT2D eigenvalue weighted by molar-refractivity contribution is 0.0699. The van der Waals surface area contributed by atoms with Crippen molar-refractivity contribution < 1.29 is 9.90 Å². The topological polar surface area (TPSA) is 76.2 Å². The van der Waals surface area contributed by atoms with Gasteiger partial charge in [0.25, 0.3) is 0 Å². The van der Waals surface area contributed by atoms with Gasteiger partial charge in [0.05, 0.1) is 21.8 Å². The van der Waals surface area contributed by atoms with Gasteiger partial charge in [0.15, 0.2) is 0 Å². The highest BCUT2D eigenvalue weighted by atomic mass is 35.5. The molecule has 4 nitrogen and oxygen atoms in total. The van der Waals surface area contributed by atoms with Crippen molar-refractivity contribution in [1.82, 2.24) is 4.98 Å². The maximum Gasteiger partial charge on any atom is 0.336 e. The van der Waals surface area contributed by atoms with Crippen LogP contribution in [0.5, 0.6) is 0 Å². The van der Waals surface area contributed by atoms with Gasteiger partial charge in [0.2, 0.25) is 0 Å². The molecule has 0 unspecified atom stereocenters. The van der Waals surface area contributed by atoms with Crippen LogP contribution in [0.3, 0.4) is 0 Å².